The average Bonchev–Trinajstić information content (AvgIpc) is 3.59. The SMILES string of the molecule is Cc1cc(NS(C)(=O)=O)c(C(=O)N2CCCC[C@H]2c2cn3nc(N4CC[C@H](NC(=O)OC(C)(C)C)C4)c(C)cc3n2)s1. The molecule has 2 atom stereocenters. The van der Waals surface area contributed by atoms with Crippen LogP contribution in [0.1, 0.15) is 78.3 Å². The summed E-state index contributed by atoms with van der Waals surface area (Å²) in [6, 6.07) is 3.40. The van der Waals surface area contributed by atoms with E-state index in [-0.39, 0.29) is 18.0 Å². The van der Waals surface area contributed by atoms with Gasteiger partial charge in [-0.3, -0.25) is 9.52 Å². The van der Waals surface area contributed by atoms with Crippen molar-refractivity contribution in [2.75, 3.05) is 35.5 Å². The van der Waals surface area contributed by atoms with Crippen LogP contribution in [0.25, 0.3) is 5.65 Å². The van der Waals surface area contributed by atoms with Gasteiger partial charge < -0.3 is 19.9 Å². The fourth-order valence-corrected chi connectivity index (χ4v) is 7.15. The van der Waals surface area contributed by atoms with E-state index in [9.17, 15) is 18.0 Å². The molecule has 2 amide bonds. The second-order valence-electron chi connectivity index (χ2n) is 12.2. The predicted octanol–water partition coefficient (Wildman–Crippen LogP) is 4.25. The Bertz CT molecular complexity index is 1610. The van der Waals surface area contributed by atoms with Crippen LogP contribution >= 0.6 is 11.3 Å². The second kappa shape index (κ2) is 11.4. The Morgan fingerprint density at radius 3 is 2.60 bits per heavy atom. The maximum Gasteiger partial charge on any atom is 0.407 e. The first kappa shape index (κ1) is 30.1. The van der Waals surface area contributed by atoms with Gasteiger partial charge in [0.2, 0.25) is 10.0 Å². The van der Waals surface area contributed by atoms with E-state index in [2.05, 4.69) is 14.9 Å². The summed E-state index contributed by atoms with van der Waals surface area (Å²) in [5, 5.41) is 7.85. The molecule has 0 spiro atoms. The molecular formula is C28H39N7O5S2. The number of piperidine rings is 1. The van der Waals surface area contributed by atoms with Crippen LogP contribution in [-0.4, -0.2) is 77.4 Å². The normalized spacial score (nSPS) is 19.8. The first-order valence-corrected chi connectivity index (χ1v) is 16.9. The largest absolute Gasteiger partial charge is 0.444 e. The van der Waals surface area contributed by atoms with Crippen LogP contribution in [0.15, 0.2) is 18.3 Å². The van der Waals surface area contributed by atoms with Gasteiger partial charge in [0, 0.05) is 24.5 Å². The van der Waals surface area contributed by atoms with E-state index in [1.165, 1.54) is 11.3 Å². The third kappa shape index (κ3) is 6.80. The number of sulfonamides is 1. The van der Waals surface area contributed by atoms with Gasteiger partial charge in [-0.05, 0) is 78.0 Å². The summed E-state index contributed by atoms with van der Waals surface area (Å²) < 4.78 is 33.5. The van der Waals surface area contributed by atoms with Crippen molar-refractivity contribution in [2.24, 2.45) is 0 Å². The summed E-state index contributed by atoms with van der Waals surface area (Å²) in [5.74, 6) is 0.619. The molecular weight excluding hydrogens is 578 g/mol. The monoisotopic (exact) mass is 617 g/mol. The Labute approximate surface area is 250 Å². The van der Waals surface area contributed by atoms with Crippen molar-refractivity contribution in [3.05, 3.63) is 39.3 Å². The summed E-state index contributed by atoms with van der Waals surface area (Å²) >= 11 is 1.29. The molecule has 0 aromatic carbocycles. The topological polar surface area (TPSA) is 138 Å². The van der Waals surface area contributed by atoms with Crippen molar-refractivity contribution in [3.8, 4) is 0 Å². The van der Waals surface area contributed by atoms with Gasteiger partial charge in [0.25, 0.3) is 5.91 Å². The molecule has 3 aromatic rings. The Morgan fingerprint density at radius 2 is 1.88 bits per heavy atom. The van der Waals surface area contributed by atoms with Crippen molar-refractivity contribution in [3.63, 3.8) is 0 Å². The molecule has 3 aromatic heterocycles. The number of hydrogen-bond donors (Lipinski definition) is 2. The van der Waals surface area contributed by atoms with Crippen LogP contribution in [0, 0.1) is 13.8 Å². The van der Waals surface area contributed by atoms with Crippen molar-refractivity contribution >= 4 is 50.5 Å². The molecule has 2 saturated heterocycles. The van der Waals surface area contributed by atoms with Gasteiger partial charge >= 0.3 is 6.09 Å². The van der Waals surface area contributed by atoms with E-state index in [1.54, 1.807) is 10.6 Å². The van der Waals surface area contributed by atoms with E-state index in [0.717, 1.165) is 60.4 Å². The zero-order valence-corrected chi connectivity index (χ0v) is 26.6. The summed E-state index contributed by atoms with van der Waals surface area (Å²) in [6.45, 7) is 11.3. The van der Waals surface area contributed by atoms with Crippen LogP contribution in [-0.2, 0) is 14.8 Å². The molecule has 2 N–H and O–H groups in total. The Hall–Kier alpha value is -3.39. The number of nitrogens with one attached hydrogen (secondary N) is 2. The first-order chi connectivity index (χ1) is 19.7. The van der Waals surface area contributed by atoms with Crippen LogP contribution in [0.5, 0.6) is 0 Å². The molecule has 2 aliphatic rings. The number of rotatable bonds is 6. The smallest absolute Gasteiger partial charge is 0.407 e. The summed E-state index contributed by atoms with van der Waals surface area (Å²) in [6.07, 6.45) is 5.91. The van der Waals surface area contributed by atoms with Gasteiger partial charge in [0.05, 0.1) is 35.9 Å². The summed E-state index contributed by atoms with van der Waals surface area (Å²) in [7, 11) is -3.53. The number of carbonyl (C=O) groups is 2. The van der Waals surface area contributed by atoms with Crippen molar-refractivity contribution in [1.29, 1.82) is 0 Å². The number of imidazole rings is 1. The van der Waals surface area contributed by atoms with Crippen molar-refractivity contribution < 1.29 is 22.7 Å². The fraction of sp³-hybridized carbons (Fsp3) is 0.571. The highest BCUT2D eigenvalue weighted by atomic mass is 32.2. The molecule has 5 rings (SSSR count). The first-order valence-electron chi connectivity index (χ1n) is 14.2. The van der Waals surface area contributed by atoms with Gasteiger partial charge in [0.1, 0.15) is 10.5 Å². The minimum absolute atomic E-state index is 0.0418. The van der Waals surface area contributed by atoms with Crippen LogP contribution in [0.4, 0.5) is 16.3 Å². The number of amides is 2. The van der Waals surface area contributed by atoms with Gasteiger partial charge in [-0.2, -0.15) is 0 Å². The lowest BCUT2D eigenvalue weighted by molar-refractivity contribution is 0.0508. The lowest BCUT2D eigenvalue weighted by Gasteiger charge is -2.34. The number of thiophene rings is 1. The third-order valence-corrected chi connectivity index (χ3v) is 8.92. The molecule has 14 heteroatoms. The van der Waals surface area contributed by atoms with E-state index in [1.807, 2.05) is 51.8 Å². The predicted molar refractivity (Wildman–Crippen MR) is 163 cm³/mol. The number of carbonyl (C=O) groups excluding carboxylic acids is 2. The molecule has 2 aliphatic heterocycles. The lowest BCUT2D eigenvalue weighted by Crippen LogP contribution is -2.40. The number of anilines is 2. The second-order valence-corrected chi connectivity index (χ2v) is 15.2. The molecule has 12 nitrogen and oxygen atoms in total. The van der Waals surface area contributed by atoms with E-state index >= 15 is 0 Å². The number of alkyl carbamates (subject to hydrolysis) is 1. The number of ether oxygens (including phenoxy) is 1. The molecule has 0 bridgehead atoms. The number of nitrogens with zero attached hydrogens (tertiary/aromatic N) is 5. The maximum absolute atomic E-state index is 13.8. The van der Waals surface area contributed by atoms with Gasteiger partial charge in [-0.25, -0.2) is 22.7 Å². The molecule has 5 heterocycles. The quantitative estimate of drug-likeness (QED) is 0.419. The van der Waals surface area contributed by atoms with Crippen LogP contribution in [0.2, 0.25) is 0 Å². The molecule has 0 radical (unpaired) electrons. The van der Waals surface area contributed by atoms with E-state index in [0.29, 0.717) is 29.3 Å². The molecule has 0 aliphatic carbocycles. The summed E-state index contributed by atoms with van der Waals surface area (Å²) in [4.78, 5) is 36.1. The number of hydrogen-bond acceptors (Lipinski definition) is 9. The molecule has 228 valence electrons. The van der Waals surface area contributed by atoms with Gasteiger partial charge in [-0.15, -0.1) is 16.4 Å². The summed E-state index contributed by atoms with van der Waals surface area (Å²) in [5.41, 5.74) is 2.18. The Balaban J connectivity index is 1.36. The van der Waals surface area contributed by atoms with Crippen LogP contribution in [0.3, 0.4) is 0 Å². The number of aryl methyl sites for hydroxylation is 2. The molecule has 42 heavy (non-hydrogen) atoms. The zero-order chi connectivity index (χ0) is 30.4. The van der Waals surface area contributed by atoms with Crippen LogP contribution < -0.4 is 14.9 Å². The van der Waals surface area contributed by atoms with Gasteiger partial charge in [0.15, 0.2) is 11.5 Å². The molecule has 0 saturated carbocycles. The third-order valence-electron chi connectivity index (χ3n) is 7.29. The highest BCUT2D eigenvalue weighted by Gasteiger charge is 2.34. The van der Waals surface area contributed by atoms with E-state index in [4.69, 9.17) is 14.8 Å². The Morgan fingerprint density at radius 1 is 1.12 bits per heavy atom. The highest BCUT2D eigenvalue weighted by molar-refractivity contribution is 7.92. The maximum atomic E-state index is 13.8. The van der Waals surface area contributed by atoms with Crippen molar-refractivity contribution in [1.82, 2.24) is 24.8 Å². The lowest BCUT2D eigenvalue weighted by atomic mass is 9.99. The van der Waals surface area contributed by atoms with E-state index < -0.39 is 21.7 Å². The fourth-order valence-electron chi connectivity index (χ4n) is 5.60. The zero-order valence-electron chi connectivity index (χ0n) is 24.9. The minimum atomic E-state index is -3.53. The average molecular weight is 618 g/mol. The number of fused-ring (bicyclic) bond motifs is 1. The Kier molecular flexibility index (Phi) is 8.14. The minimum Gasteiger partial charge on any atom is -0.444 e. The van der Waals surface area contributed by atoms with Gasteiger partial charge in [-0.1, -0.05) is 0 Å². The highest BCUT2D eigenvalue weighted by Crippen LogP contribution is 2.36. The standard InChI is InChI=1S/C28H39N7O5S2/c1-17-13-23-30-21(16-35(23)31-25(17)33-12-10-19(15-33)29-27(37)40-28(3,4)5)22-9-7-8-11-34(22)26(36)24-20(14-18(2)41-24)32-42(6,38)39/h13-14,16,19,22,32H,7-12,15H2,1-6H3,(H,29,37)/t19-,22-/m0/s1. The van der Waals surface area contributed by atoms with Crippen molar-refractivity contribution in [2.45, 2.75) is 78.0 Å². The molecule has 2 fully saturated rings. The number of likely N-dealkylation sites (tertiary alicyclic amines) is 1. The molecule has 0 unspecified atom stereocenters. The number of aromatic nitrogens is 3.